The van der Waals surface area contributed by atoms with Crippen molar-refractivity contribution < 1.29 is 0 Å². The summed E-state index contributed by atoms with van der Waals surface area (Å²) in [5, 5.41) is 0. The fourth-order valence-corrected chi connectivity index (χ4v) is 5.75. The van der Waals surface area contributed by atoms with Crippen molar-refractivity contribution in [1.82, 2.24) is 0 Å². The van der Waals surface area contributed by atoms with Gasteiger partial charge in [-0.05, 0) is 69.3 Å². The molecule has 0 nitrogen and oxygen atoms in total. The molecule has 0 heteroatoms. The standard InChI is InChI=1S/C32H28/c1-2-3-11-24-21-30-25(22-12-5-4-6-13-22)16-9-18-28(30)32(24)29-19-10-17-27-26-15-8-7-14-23(26)20-31(27)29/h4-10,12-19,21,32H,2-3,11,20H2,1H3. The SMILES string of the molecule is CCCCC1=Cc2c(-c3ccccc3)cccc2C1c1cccc2c1Cc1ccccc1-2. The van der Waals surface area contributed by atoms with E-state index in [0.29, 0.717) is 5.92 Å². The Morgan fingerprint density at radius 2 is 1.41 bits per heavy atom. The molecule has 0 radical (unpaired) electrons. The Morgan fingerprint density at radius 1 is 0.688 bits per heavy atom. The lowest BCUT2D eigenvalue weighted by atomic mass is 9.82. The Hall–Kier alpha value is -3.38. The van der Waals surface area contributed by atoms with Gasteiger partial charge in [-0.15, -0.1) is 0 Å². The summed E-state index contributed by atoms with van der Waals surface area (Å²) in [6.45, 7) is 2.30. The average molecular weight is 413 g/mol. The molecule has 32 heavy (non-hydrogen) atoms. The summed E-state index contributed by atoms with van der Waals surface area (Å²) < 4.78 is 0. The van der Waals surface area contributed by atoms with Gasteiger partial charge in [-0.25, -0.2) is 0 Å². The van der Waals surface area contributed by atoms with Gasteiger partial charge < -0.3 is 0 Å². The summed E-state index contributed by atoms with van der Waals surface area (Å²) in [5.74, 6) is 0.365. The zero-order valence-corrected chi connectivity index (χ0v) is 18.6. The van der Waals surface area contributed by atoms with Gasteiger partial charge in [0.25, 0.3) is 0 Å². The van der Waals surface area contributed by atoms with Crippen LogP contribution < -0.4 is 0 Å². The van der Waals surface area contributed by atoms with Crippen molar-refractivity contribution in [3.63, 3.8) is 0 Å². The minimum absolute atomic E-state index is 0.365. The van der Waals surface area contributed by atoms with E-state index in [-0.39, 0.29) is 0 Å². The Balaban J connectivity index is 1.52. The summed E-state index contributed by atoms with van der Waals surface area (Å²) in [7, 11) is 0. The van der Waals surface area contributed by atoms with Crippen molar-refractivity contribution in [2.45, 2.75) is 38.5 Å². The number of allylic oxidation sites excluding steroid dienone is 1. The largest absolute Gasteiger partial charge is 0.0654 e. The third-order valence-corrected chi connectivity index (χ3v) is 7.25. The monoisotopic (exact) mass is 412 g/mol. The third-order valence-electron chi connectivity index (χ3n) is 7.25. The zero-order chi connectivity index (χ0) is 21.5. The molecular formula is C32H28. The molecule has 0 bridgehead atoms. The topological polar surface area (TPSA) is 0 Å². The highest BCUT2D eigenvalue weighted by atomic mass is 14.4. The predicted octanol–water partition coefficient (Wildman–Crippen LogP) is 8.64. The van der Waals surface area contributed by atoms with E-state index in [4.69, 9.17) is 0 Å². The van der Waals surface area contributed by atoms with Crippen molar-refractivity contribution in [2.24, 2.45) is 0 Å². The van der Waals surface area contributed by atoms with Crippen LogP contribution in [0.3, 0.4) is 0 Å². The number of hydrogen-bond donors (Lipinski definition) is 0. The summed E-state index contributed by atoms with van der Waals surface area (Å²) in [6.07, 6.45) is 7.20. The smallest absolute Gasteiger partial charge is 0.0311 e. The second-order valence-electron chi connectivity index (χ2n) is 9.14. The fourth-order valence-electron chi connectivity index (χ4n) is 5.75. The molecule has 1 unspecified atom stereocenters. The predicted molar refractivity (Wildman–Crippen MR) is 136 cm³/mol. The molecule has 0 aromatic heterocycles. The third kappa shape index (κ3) is 3.06. The molecule has 0 heterocycles. The van der Waals surface area contributed by atoms with Gasteiger partial charge in [-0.2, -0.15) is 0 Å². The van der Waals surface area contributed by atoms with Gasteiger partial charge in [0, 0.05) is 5.92 Å². The minimum Gasteiger partial charge on any atom is -0.0654 e. The van der Waals surface area contributed by atoms with Crippen LogP contribution in [0.1, 0.15) is 59.9 Å². The Bertz CT molecular complexity index is 1320. The van der Waals surface area contributed by atoms with E-state index in [0.717, 1.165) is 6.42 Å². The van der Waals surface area contributed by atoms with Gasteiger partial charge in [-0.3, -0.25) is 0 Å². The van der Waals surface area contributed by atoms with Crippen LogP contribution in [0, 0.1) is 0 Å². The van der Waals surface area contributed by atoms with Crippen molar-refractivity contribution >= 4 is 6.08 Å². The van der Waals surface area contributed by atoms with Gasteiger partial charge in [0.05, 0.1) is 0 Å². The molecule has 0 saturated heterocycles. The Morgan fingerprint density at radius 3 is 2.25 bits per heavy atom. The highest BCUT2D eigenvalue weighted by molar-refractivity contribution is 5.85. The first kappa shape index (κ1) is 19.3. The molecule has 4 aromatic carbocycles. The van der Waals surface area contributed by atoms with Gasteiger partial charge in [0.15, 0.2) is 0 Å². The average Bonchev–Trinajstić information content (AvgIpc) is 3.41. The Kier molecular flexibility index (Phi) is 4.80. The van der Waals surface area contributed by atoms with Crippen LogP contribution in [0.5, 0.6) is 0 Å². The molecule has 0 aliphatic heterocycles. The number of unbranched alkanes of at least 4 members (excludes halogenated alkanes) is 1. The van der Waals surface area contributed by atoms with Crippen LogP contribution in [-0.2, 0) is 6.42 Å². The first-order chi connectivity index (χ1) is 15.8. The van der Waals surface area contributed by atoms with Gasteiger partial charge in [-0.1, -0.05) is 116 Å². The zero-order valence-electron chi connectivity index (χ0n) is 18.6. The number of hydrogen-bond acceptors (Lipinski definition) is 0. The van der Waals surface area contributed by atoms with Crippen molar-refractivity contribution in [3.05, 3.63) is 124 Å². The number of benzene rings is 4. The molecule has 156 valence electrons. The lowest BCUT2D eigenvalue weighted by molar-refractivity contribution is 0.753. The lowest BCUT2D eigenvalue weighted by Gasteiger charge is -2.21. The van der Waals surface area contributed by atoms with Gasteiger partial charge in [0.1, 0.15) is 0 Å². The molecule has 0 fully saturated rings. The van der Waals surface area contributed by atoms with Crippen LogP contribution >= 0.6 is 0 Å². The molecule has 0 spiro atoms. The van der Waals surface area contributed by atoms with Crippen LogP contribution in [0.4, 0.5) is 0 Å². The first-order valence-electron chi connectivity index (χ1n) is 11.9. The number of fused-ring (bicyclic) bond motifs is 4. The van der Waals surface area contributed by atoms with E-state index >= 15 is 0 Å². The fraction of sp³-hybridized carbons (Fsp3) is 0.188. The molecule has 0 amide bonds. The molecule has 0 saturated carbocycles. The van der Waals surface area contributed by atoms with Crippen LogP contribution in [0.15, 0.2) is 96.6 Å². The van der Waals surface area contributed by atoms with E-state index in [2.05, 4.69) is 104 Å². The maximum absolute atomic E-state index is 2.51. The van der Waals surface area contributed by atoms with E-state index in [9.17, 15) is 0 Å². The molecular weight excluding hydrogens is 384 g/mol. The maximum atomic E-state index is 2.51. The van der Waals surface area contributed by atoms with E-state index in [1.54, 1.807) is 5.57 Å². The van der Waals surface area contributed by atoms with Gasteiger partial charge >= 0.3 is 0 Å². The first-order valence-corrected chi connectivity index (χ1v) is 11.9. The number of rotatable bonds is 5. The second kappa shape index (κ2) is 7.95. The molecule has 2 aliphatic rings. The van der Waals surface area contributed by atoms with E-state index < -0.39 is 0 Å². The van der Waals surface area contributed by atoms with Crippen molar-refractivity contribution in [3.8, 4) is 22.3 Å². The van der Waals surface area contributed by atoms with Crippen molar-refractivity contribution in [1.29, 1.82) is 0 Å². The molecule has 4 aromatic rings. The minimum atomic E-state index is 0.365. The molecule has 0 N–H and O–H groups in total. The summed E-state index contributed by atoms with van der Waals surface area (Å²) in [6, 6.07) is 33.7. The quantitative estimate of drug-likeness (QED) is 0.271. The molecule has 2 aliphatic carbocycles. The summed E-state index contributed by atoms with van der Waals surface area (Å²) >= 11 is 0. The normalized spacial score (nSPS) is 15.8. The highest BCUT2D eigenvalue weighted by Gasteiger charge is 2.32. The van der Waals surface area contributed by atoms with Gasteiger partial charge in [0.2, 0.25) is 0 Å². The summed E-state index contributed by atoms with van der Waals surface area (Å²) in [5.41, 5.74) is 14.5. The van der Waals surface area contributed by atoms with Crippen molar-refractivity contribution in [2.75, 3.05) is 0 Å². The van der Waals surface area contributed by atoms with E-state index in [1.807, 2.05) is 0 Å². The van der Waals surface area contributed by atoms with Crippen LogP contribution in [-0.4, -0.2) is 0 Å². The molecule has 1 atom stereocenters. The second-order valence-corrected chi connectivity index (χ2v) is 9.14. The maximum Gasteiger partial charge on any atom is 0.0311 e. The van der Waals surface area contributed by atoms with E-state index in [1.165, 1.54) is 69.3 Å². The van der Waals surface area contributed by atoms with Crippen LogP contribution in [0.2, 0.25) is 0 Å². The van der Waals surface area contributed by atoms with Crippen LogP contribution in [0.25, 0.3) is 28.3 Å². The Labute approximate surface area is 191 Å². The molecule has 6 rings (SSSR count). The summed E-state index contributed by atoms with van der Waals surface area (Å²) in [4.78, 5) is 0. The highest BCUT2D eigenvalue weighted by Crippen LogP contribution is 2.50. The lowest BCUT2D eigenvalue weighted by Crippen LogP contribution is -2.05.